The minimum absolute atomic E-state index is 0.0335. The van der Waals surface area contributed by atoms with Crippen LogP contribution in [0.2, 0.25) is 0 Å². The molecule has 1 aliphatic heterocycles. The van der Waals surface area contributed by atoms with Gasteiger partial charge in [-0.05, 0) is 19.1 Å². The van der Waals surface area contributed by atoms with Crippen LogP contribution in [-0.4, -0.2) is 42.6 Å². The highest BCUT2D eigenvalue weighted by atomic mass is 19.1. The van der Waals surface area contributed by atoms with Gasteiger partial charge < -0.3 is 14.5 Å². The monoisotopic (exact) mass is 385 g/mol. The summed E-state index contributed by atoms with van der Waals surface area (Å²) in [5.74, 6) is -1.59. The van der Waals surface area contributed by atoms with Crippen LogP contribution in [0.3, 0.4) is 0 Å². The van der Waals surface area contributed by atoms with Gasteiger partial charge in [0.25, 0.3) is 5.91 Å². The number of carbonyl (C=O) groups excluding carboxylic acids is 2. The zero-order valence-electron chi connectivity index (χ0n) is 16.1. The number of nitrogens with one attached hydrogen (secondary N) is 1. The van der Waals surface area contributed by atoms with Crippen LogP contribution in [0.15, 0.2) is 48.5 Å². The Hall–Kier alpha value is -2.73. The lowest BCUT2D eigenvalue weighted by molar-refractivity contribution is -0.922. The third kappa shape index (κ3) is 4.75. The molecule has 1 heterocycles. The molecule has 2 aromatic carbocycles. The second-order valence-corrected chi connectivity index (χ2v) is 7.23. The number of rotatable bonds is 7. The van der Waals surface area contributed by atoms with Gasteiger partial charge in [-0.3, -0.25) is 4.79 Å². The quantitative estimate of drug-likeness (QED) is 0.583. The second kappa shape index (κ2) is 8.97. The van der Waals surface area contributed by atoms with E-state index in [4.69, 9.17) is 4.74 Å². The van der Waals surface area contributed by atoms with Gasteiger partial charge in [0.15, 0.2) is 6.54 Å². The standard InChI is InChI=1S/C22H25FN2O3/c1-2-28-22(27)18-11-8-12-19(23)21(18)24-20(26)16-25(13-6-7-14-25)15-17-9-4-3-5-10-17/h3-5,8-12H,2,6-7,13-16H2,1H3/p+1. The average molecular weight is 385 g/mol. The van der Waals surface area contributed by atoms with E-state index in [0.29, 0.717) is 4.48 Å². The maximum absolute atomic E-state index is 14.3. The van der Waals surface area contributed by atoms with E-state index in [2.05, 4.69) is 17.4 Å². The third-order valence-electron chi connectivity index (χ3n) is 5.13. The summed E-state index contributed by atoms with van der Waals surface area (Å²) in [6.07, 6.45) is 2.13. The number of likely N-dealkylation sites (tertiary alicyclic amines) is 1. The molecule has 28 heavy (non-hydrogen) atoms. The molecule has 6 heteroatoms. The molecule has 0 radical (unpaired) electrons. The fourth-order valence-electron chi connectivity index (χ4n) is 3.86. The Balaban J connectivity index is 1.76. The fourth-order valence-corrected chi connectivity index (χ4v) is 3.86. The number of para-hydroxylation sites is 1. The van der Waals surface area contributed by atoms with Crippen molar-refractivity contribution in [2.75, 3.05) is 31.6 Å². The number of benzene rings is 2. The molecule has 1 aliphatic rings. The van der Waals surface area contributed by atoms with E-state index in [1.807, 2.05) is 18.2 Å². The lowest BCUT2D eigenvalue weighted by atomic mass is 10.1. The minimum Gasteiger partial charge on any atom is -0.462 e. The molecule has 0 aromatic heterocycles. The molecule has 1 N–H and O–H groups in total. The zero-order valence-corrected chi connectivity index (χ0v) is 16.1. The summed E-state index contributed by atoms with van der Waals surface area (Å²) >= 11 is 0. The molecule has 0 spiro atoms. The smallest absolute Gasteiger partial charge is 0.340 e. The van der Waals surface area contributed by atoms with Crippen LogP contribution >= 0.6 is 0 Å². The van der Waals surface area contributed by atoms with Crippen molar-refractivity contribution in [2.45, 2.75) is 26.3 Å². The predicted octanol–water partition coefficient (Wildman–Crippen LogP) is 3.75. The van der Waals surface area contributed by atoms with Crippen molar-refractivity contribution >= 4 is 17.6 Å². The first-order valence-corrected chi connectivity index (χ1v) is 9.67. The van der Waals surface area contributed by atoms with Gasteiger partial charge in [0, 0.05) is 18.4 Å². The number of nitrogens with zero attached hydrogens (tertiary/aromatic N) is 1. The third-order valence-corrected chi connectivity index (χ3v) is 5.13. The molecular weight excluding hydrogens is 359 g/mol. The van der Waals surface area contributed by atoms with Crippen LogP contribution in [-0.2, 0) is 16.1 Å². The molecule has 0 unspecified atom stereocenters. The number of ether oxygens (including phenoxy) is 1. The van der Waals surface area contributed by atoms with E-state index in [1.165, 1.54) is 23.8 Å². The molecule has 148 valence electrons. The lowest BCUT2D eigenvalue weighted by Crippen LogP contribution is -2.49. The number of quaternary nitrogens is 1. The highest BCUT2D eigenvalue weighted by Crippen LogP contribution is 2.25. The summed E-state index contributed by atoms with van der Waals surface area (Å²) in [6, 6.07) is 14.2. The molecule has 5 nitrogen and oxygen atoms in total. The van der Waals surface area contributed by atoms with Crippen molar-refractivity contribution in [1.29, 1.82) is 0 Å². The number of halogens is 1. The van der Waals surface area contributed by atoms with E-state index in [0.717, 1.165) is 32.5 Å². The molecule has 2 aromatic rings. The van der Waals surface area contributed by atoms with Crippen LogP contribution in [0.25, 0.3) is 0 Å². The van der Waals surface area contributed by atoms with Crippen LogP contribution < -0.4 is 5.32 Å². The summed E-state index contributed by atoms with van der Waals surface area (Å²) in [7, 11) is 0. The van der Waals surface area contributed by atoms with E-state index in [-0.39, 0.29) is 30.3 Å². The van der Waals surface area contributed by atoms with Crippen molar-refractivity contribution in [3.05, 3.63) is 65.5 Å². The van der Waals surface area contributed by atoms with E-state index in [9.17, 15) is 14.0 Å². The summed E-state index contributed by atoms with van der Waals surface area (Å²) < 4.78 is 20.0. The first-order chi connectivity index (χ1) is 13.5. The van der Waals surface area contributed by atoms with Crippen LogP contribution in [0.5, 0.6) is 0 Å². The van der Waals surface area contributed by atoms with Crippen molar-refractivity contribution in [2.24, 2.45) is 0 Å². The maximum atomic E-state index is 14.3. The summed E-state index contributed by atoms with van der Waals surface area (Å²) in [6.45, 7) is 4.68. The predicted molar refractivity (Wildman–Crippen MR) is 105 cm³/mol. The molecule has 3 rings (SSSR count). The van der Waals surface area contributed by atoms with Gasteiger partial charge in [0.05, 0.1) is 30.9 Å². The van der Waals surface area contributed by atoms with Gasteiger partial charge in [-0.2, -0.15) is 0 Å². The molecule has 0 saturated carbocycles. The first-order valence-electron chi connectivity index (χ1n) is 9.67. The first kappa shape index (κ1) is 20.0. The van der Waals surface area contributed by atoms with Crippen molar-refractivity contribution in [1.82, 2.24) is 0 Å². The van der Waals surface area contributed by atoms with Crippen LogP contribution in [0, 0.1) is 5.82 Å². The molecular formula is C22H26FN2O3+. The summed E-state index contributed by atoms with van der Waals surface area (Å²) in [4.78, 5) is 24.9. The molecule has 0 bridgehead atoms. The van der Waals surface area contributed by atoms with Gasteiger partial charge in [-0.1, -0.05) is 36.4 Å². The van der Waals surface area contributed by atoms with Gasteiger partial charge >= 0.3 is 5.97 Å². The van der Waals surface area contributed by atoms with Crippen LogP contribution in [0.1, 0.15) is 35.7 Å². The topological polar surface area (TPSA) is 55.4 Å². The van der Waals surface area contributed by atoms with Crippen LogP contribution in [0.4, 0.5) is 10.1 Å². The van der Waals surface area contributed by atoms with Crippen molar-refractivity contribution < 1.29 is 23.2 Å². The Morgan fingerprint density at radius 1 is 1.07 bits per heavy atom. The van der Waals surface area contributed by atoms with Gasteiger partial charge in [-0.25, -0.2) is 9.18 Å². The van der Waals surface area contributed by atoms with Gasteiger partial charge in [0.2, 0.25) is 0 Å². The minimum atomic E-state index is -0.647. The van der Waals surface area contributed by atoms with E-state index < -0.39 is 11.8 Å². The second-order valence-electron chi connectivity index (χ2n) is 7.23. The van der Waals surface area contributed by atoms with E-state index >= 15 is 0 Å². The van der Waals surface area contributed by atoms with E-state index in [1.54, 1.807) is 6.92 Å². The SMILES string of the molecule is CCOC(=O)c1cccc(F)c1NC(=O)C[N+]1(Cc2ccccc2)CCCC1. The number of hydrogen-bond acceptors (Lipinski definition) is 3. The molecule has 1 saturated heterocycles. The number of esters is 1. The Bertz CT molecular complexity index is 833. The Morgan fingerprint density at radius 2 is 1.79 bits per heavy atom. The lowest BCUT2D eigenvalue weighted by Gasteiger charge is -2.33. The van der Waals surface area contributed by atoms with Gasteiger partial charge in [-0.15, -0.1) is 0 Å². The summed E-state index contributed by atoms with van der Waals surface area (Å²) in [5.41, 5.74) is 1.10. The normalized spacial score (nSPS) is 15.2. The number of anilines is 1. The zero-order chi connectivity index (χ0) is 20.0. The molecule has 0 aliphatic carbocycles. The number of amides is 1. The number of hydrogen-bond donors (Lipinski definition) is 1. The largest absolute Gasteiger partial charge is 0.462 e. The summed E-state index contributed by atoms with van der Waals surface area (Å²) in [5, 5.41) is 2.63. The molecule has 1 amide bonds. The van der Waals surface area contributed by atoms with Crippen molar-refractivity contribution in [3.8, 4) is 0 Å². The van der Waals surface area contributed by atoms with Crippen molar-refractivity contribution in [3.63, 3.8) is 0 Å². The molecule has 1 fully saturated rings. The highest BCUT2D eigenvalue weighted by Gasteiger charge is 2.35. The average Bonchev–Trinajstić information content (AvgIpc) is 3.12. The Labute approximate surface area is 164 Å². The fraction of sp³-hybridized carbons (Fsp3) is 0.364. The molecule has 0 atom stereocenters. The highest BCUT2D eigenvalue weighted by molar-refractivity contribution is 6.01. The Kier molecular flexibility index (Phi) is 6.41. The van der Waals surface area contributed by atoms with Gasteiger partial charge in [0.1, 0.15) is 12.4 Å². The maximum Gasteiger partial charge on any atom is 0.340 e. The number of carbonyl (C=O) groups is 2. The Morgan fingerprint density at radius 3 is 2.46 bits per heavy atom.